The summed E-state index contributed by atoms with van der Waals surface area (Å²) in [5, 5.41) is 3.05. The quantitative estimate of drug-likeness (QED) is 0.540. The molecule has 0 saturated heterocycles. The summed E-state index contributed by atoms with van der Waals surface area (Å²) in [6.07, 6.45) is 1.42. The van der Waals surface area contributed by atoms with Crippen LogP contribution in [0.25, 0.3) is 11.3 Å². The lowest BCUT2D eigenvalue weighted by atomic mass is 9.99. The molecule has 4 aromatic rings. The number of amides is 1. The Bertz CT molecular complexity index is 1130. The Hall–Kier alpha value is -3.99. The number of hydrogen-bond acceptors (Lipinski definition) is 3. The molecule has 0 bridgehead atoms. The van der Waals surface area contributed by atoms with E-state index in [2.05, 4.69) is 10.3 Å². The topological polar surface area (TPSA) is 64.0 Å². The highest BCUT2D eigenvalue weighted by Crippen LogP contribution is 2.21. The monoisotopic (exact) mass is 395 g/mol. The molecule has 1 heterocycles. The summed E-state index contributed by atoms with van der Waals surface area (Å²) in [6.45, 7) is -0.100. The second-order valence-corrected chi connectivity index (χ2v) is 6.93. The highest BCUT2D eigenvalue weighted by Gasteiger charge is 2.17. The van der Waals surface area contributed by atoms with Crippen LogP contribution in [0, 0.1) is 0 Å². The van der Waals surface area contributed by atoms with Crippen LogP contribution in [0.3, 0.4) is 0 Å². The number of nitrogens with zero attached hydrogens (tertiary/aromatic N) is 2. The lowest BCUT2D eigenvalue weighted by Gasteiger charge is -2.20. The van der Waals surface area contributed by atoms with Gasteiger partial charge in [0.15, 0.2) is 0 Å². The lowest BCUT2D eigenvalue weighted by Crippen LogP contribution is -2.35. The van der Waals surface area contributed by atoms with E-state index in [0.29, 0.717) is 5.69 Å². The van der Waals surface area contributed by atoms with E-state index in [9.17, 15) is 9.59 Å². The molecule has 148 valence electrons. The maximum absolute atomic E-state index is 12.8. The molecule has 0 aliphatic carbocycles. The minimum atomic E-state index is -0.299. The molecule has 0 saturated carbocycles. The van der Waals surface area contributed by atoms with Gasteiger partial charge in [0.25, 0.3) is 5.56 Å². The molecule has 4 rings (SSSR count). The van der Waals surface area contributed by atoms with Crippen LogP contribution in [0.15, 0.2) is 108 Å². The van der Waals surface area contributed by atoms with Crippen molar-refractivity contribution in [2.45, 2.75) is 12.6 Å². The summed E-state index contributed by atoms with van der Waals surface area (Å²) < 4.78 is 1.31. The molecule has 0 spiro atoms. The number of carbonyl (C=O) groups is 1. The third-order valence-corrected chi connectivity index (χ3v) is 4.83. The van der Waals surface area contributed by atoms with Crippen LogP contribution in [0.5, 0.6) is 0 Å². The van der Waals surface area contributed by atoms with E-state index in [1.165, 1.54) is 17.0 Å². The third kappa shape index (κ3) is 4.52. The van der Waals surface area contributed by atoms with E-state index < -0.39 is 0 Å². The fourth-order valence-corrected chi connectivity index (χ4v) is 3.32. The van der Waals surface area contributed by atoms with Crippen molar-refractivity contribution >= 4 is 5.91 Å². The molecule has 1 aromatic heterocycles. The molecular formula is C25H21N3O2. The van der Waals surface area contributed by atoms with Crippen LogP contribution in [0.2, 0.25) is 0 Å². The first-order valence-electron chi connectivity index (χ1n) is 9.72. The minimum Gasteiger partial charge on any atom is -0.344 e. The zero-order valence-corrected chi connectivity index (χ0v) is 16.3. The van der Waals surface area contributed by atoms with Gasteiger partial charge in [-0.1, -0.05) is 91.0 Å². The van der Waals surface area contributed by atoms with E-state index in [1.807, 2.05) is 91.0 Å². The molecule has 0 aliphatic rings. The van der Waals surface area contributed by atoms with Crippen molar-refractivity contribution in [1.82, 2.24) is 14.9 Å². The molecule has 0 unspecified atom stereocenters. The van der Waals surface area contributed by atoms with Gasteiger partial charge in [0, 0.05) is 11.6 Å². The molecule has 1 amide bonds. The van der Waals surface area contributed by atoms with Crippen molar-refractivity contribution < 1.29 is 4.79 Å². The normalized spacial score (nSPS) is 10.7. The van der Waals surface area contributed by atoms with Gasteiger partial charge in [0.05, 0.1) is 18.1 Å². The minimum absolute atomic E-state index is 0.100. The first-order valence-corrected chi connectivity index (χ1v) is 9.72. The van der Waals surface area contributed by atoms with E-state index in [0.717, 1.165) is 16.7 Å². The first-order chi connectivity index (χ1) is 14.7. The van der Waals surface area contributed by atoms with Gasteiger partial charge < -0.3 is 5.32 Å². The molecule has 0 aliphatic heterocycles. The maximum Gasteiger partial charge on any atom is 0.254 e. The van der Waals surface area contributed by atoms with Crippen molar-refractivity contribution in [2.75, 3.05) is 0 Å². The Morgan fingerprint density at radius 2 is 1.37 bits per heavy atom. The zero-order chi connectivity index (χ0) is 20.8. The van der Waals surface area contributed by atoms with Gasteiger partial charge in [-0.3, -0.25) is 14.2 Å². The van der Waals surface area contributed by atoms with Crippen LogP contribution in [-0.4, -0.2) is 15.5 Å². The Kier molecular flexibility index (Phi) is 5.80. The molecule has 1 N–H and O–H groups in total. The Balaban J connectivity index is 1.53. The molecule has 0 fully saturated rings. The van der Waals surface area contributed by atoms with Gasteiger partial charge in [0.1, 0.15) is 6.54 Å². The van der Waals surface area contributed by atoms with Gasteiger partial charge in [-0.25, -0.2) is 4.98 Å². The fraction of sp³-hybridized carbons (Fsp3) is 0.0800. The number of rotatable bonds is 6. The van der Waals surface area contributed by atoms with Crippen LogP contribution in [0.1, 0.15) is 17.2 Å². The summed E-state index contributed by atoms with van der Waals surface area (Å²) in [6, 6.07) is 30.1. The average molecular weight is 395 g/mol. The van der Waals surface area contributed by atoms with E-state index in [1.54, 1.807) is 0 Å². The van der Waals surface area contributed by atoms with Crippen molar-refractivity contribution in [3.8, 4) is 11.3 Å². The Morgan fingerprint density at radius 1 is 0.833 bits per heavy atom. The van der Waals surface area contributed by atoms with Gasteiger partial charge in [-0.05, 0) is 11.1 Å². The lowest BCUT2D eigenvalue weighted by molar-refractivity contribution is -0.122. The molecule has 30 heavy (non-hydrogen) atoms. The predicted molar refractivity (Wildman–Crippen MR) is 117 cm³/mol. The van der Waals surface area contributed by atoms with E-state index in [-0.39, 0.29) is 24.1 Å². The first kappa shape index (κ1) is 19.3. The Morgan fingerprint density at radius 3 is 1.90 bits per heavy atom. The highest BCUT2D eigenvalue weighted by atomic mass is 16.2. The number of benzene rings is 3. The summed E-state index contributed by atoms with van der Waals surface area (Å²) in [5.41, 5.74) is 3.13. The van der Waals surface area contributed by atoms with Crippen molar-refractivity contribution in [1.29, 1.82) is 0 Å². The highest BCUT2D eigenvalue weighted by molar-refractivity contribution is 5.77. The van der Waals surface area contributed by atoms with Crippen LogP contribution >= 0.6 is 0 Å². The van der Waals surface area contributed by atoms with Gasteiger partial charge in [0.2, 0.25) is 5.91 Å². The largest absolute Gasteiger partial charge is 0.344 e. The second-order valence-electron chi connectivity index (χ2n) is 6.93. The fourth-order valence-electron chi connectivity index (χ4n) is 3.32. The zero-order valence-electron chi connectivity index (χ0n) is 16.3. The number of carbonyl (C=O) groups excluding carboxylic acids is 1. The maximum atomic E-state index is 12.8. The van der Waals surface area contributed by atoms with Gasteiger partial charge in [-0.2, -0.15) is 0 Å². The summed E-state index contributed by atoms with van der Waals surface area (Å²) in [5.74, 6) is -0.260. The molecule has 3 aromatic carbocycles. The molecule has 0 atom stereocenters. The Labute approximate surface area is 174 Å². The predicted octanol–water partition coefficient (Wildman–Crippen LogP) is 3.82. The number of nitrogens with one attached hydrogen (secondary N) is 1. The average Bonchev–Trinajstić information content (AvgIpc) is 2.80. The van der Waals surface area contributed by atoms with Crippen molar-refractivity contribution in [2.24, 2.45) is 0 Å². The standard InChI is InChI=1S/C25H21N3O2/c29-23(17-28-18-26-22(16-24(28)30)19-10-4-1-5-11-19)27-25(20-12-6-2-7-13-20)21-14-8-3-9-15-21/h1-16,18,25H,17H2,(H,27,29). The second kappa shape index (κ2) is 9.01. The van der Waals surface area contributed by atoms with Crippen LogP contribution in [-0.2, 0) is 11.3 Å². The molecule has 5 heteroatoms. The molecule has 0 radical (unpaired) electrons. The van der Waals surface area contributed by atoms with Gasteiger partial charge in [-0.15, -0.1) is 0 Å². The summed E-state index contributed by atoms with van der Waals surface area (Å²) >= 11 is 0. The van der Waals surface area contributed by atoms with Crippen molar-refractivity contribution in [3.63, 3.8) is 0 Å². The third-order valence-electron chi connectivity index (χ3n) is 4.83. The van der Waals surface area contributed by atoms with E-state index in [4.69, 9.17) is 0 Å². The molecule has 5 nitrogen and oxygen atoms in total. The molecular weight excluding hydrogens is 374 g/mol. The summed E-state index contributed by atoms with van der Waals surface area (Å²) in [4.78, 5) is 29.6. The smallest absolute Gasteiger partial charge is 0.254 e. The number of hydrogen-bond donors (Lipinski definition) is 1. The number of aromatic nitrogens is 2. The van der Waals surface area contributed by atoms with Gasteiger partial charge >= 0.3 is 0 Å². The van der Waals surface area contributed by atoms with Crippen LogP contribution < -0.4 is 10.9 Å². The summed E-state index contributed by atoms with van der Waals surface area (Å²) in [7, 11) is 0. The van der Waals surface area contributed by atoms with Crippen molar-refractivity contribution in [3.05, 3.63) is 125 Å². The van der Waals surface area contributed by atoms with Crippen LogP contribution in [0.4, 0.5) is 0 Å². The SMILES string of the molecule is O=C(Cn1cnc(-c2ccccc2)cc1=O)NC(c1ccccc1)c1ccccc1. The van der Waals surface area contributed by atoms with E-state index >= 15 is 0 Å².